The fraction of sp³-hybridized carbons (Fsp3) is 0.412. The lowest BCUT2D eigenvalue weighted by Gasteiger charge is -2.12. The molecule has 1 aliphatic rings. The Morgan fingerprint density at radius 1 is 1.32 bits per heavy atom. The Hall–Kier alpha value is -1.86. The van der Waals surface area contributed by atoms with Crippen LogP contribution in [0.25, 0.3) is 0 Å². The van der Waals surface area contributed by atoms with Gasteiger partial charge in [-0.25, -0.2) is 0 Å². The van der Waals surface area contributed by atoms with Crippen LogP contribution >= 0.6 is 23.4 Å². The maximum absolute atomic E-state index is 12.6. The zero-order valence-corrected chi connectivity index (χ0v) is 15.4. The third-order valence-corrected chi connectivity index (χ3v) is 5.38. The van der Waals surface area contributed by atoms with E-state index in [0.717, 1.165) is 18.7 Å². The summed E-state index contributed by atoms with van der Waals surface area (Å²) in [7, 11) is 0. The molecule has 132 valence electrons. The van der Waals surface area contributed by atoms with E-state index < -0.39 is 0 Å². The van der Waals surface area contributed by atoms with Crippen LogP contribution in [0.4, 0.5) is 0 Å². The summed E-state index contributed by atoms with van der Waals surface area (Å²) in [5.74, 6) is 0.919. The van der Waals surface area contributed by atoms with Crippen LogP contribution in [-0.2, 0) is 11.3 Å². The number of hydrogen-bond donors (Lipinski definition) is 1. The minimum Gasteiger partial charge on any atom is -0.370 e. The van der Waals surface area contributed by atoms with Crippen molar-refractivity contribution in [1.29, 1.82) is 0 Å². The van der Waals surface area contributed by atoms with Crippen LogP contribution in [0.1, 0.15) is 48.3 Å². The number of rotatable bonds is 8. The number of ketones is 1. The van der Waals surface area contributed by atoms with E-state index >= 15 is 0 Å². The molecule has 1 aromatic carbocycles. The Morgan fingerprint density at radius 3 is 2.60 bits per heavy atom. The molecule has 3 rings (SSSR count). The van der Waals surface area contributed by atoms with Crippen LogP contribution in [0.15, 0.2) is 29.4 Å². The molecular weight excluding hydrogens is 360 g/mol. The molecule has 8 heteroatoms. The summed E-state index contributed by atoms with van der Waals surface area (Å²) in [6, 6.07) is 6.84. The van der Waals surface area contributed by atoms with E-state index in [1.165, 1.54) is 11.8 Å². The van der Waals surface area contributed by atoms with Crippen molar-refractivity contribution in [2.24, 2.45) is 5.73 Å². The van der Waals surface area contributed by atoms with Gasteiger partial charge in [-0.1, -0.05) is 23.4 Å². The molecule has 1 saturated carbocycles. The van der Waals surface area contributed by atoms with Crippen molar-refractivity contribution >= 4 is 35.1 Å². The molecule has 0 spiro atoms. The van der Waals surface area contributed by atoms with Crippen molar-refractivity contribution in [1.82, 2.24) is 14.8 Å². The predicted molar refractivity (Wildman–Crippen MR) is 96.9 cm³/mol. The van der Waals surface area contributed by atoms with Crippen molar-refractivity contribution < 1.29 is 9.59 Å². The minimum absolute atomic E-state index is 0.000843. The number of nitrogens with two attached hydrogens (primary N) is 1. The quantitative estimate of drug-likeness (QED) is 0.563. The summed E-state index contributed by atoms with van der Waals surface area (Å²) in [6.45, 7) is 2.28. The molecule has 0 aliphatic heterocycles. The molecule has 25 heavy (non-hydrogen) atoms. The highest BCUT2D eigenvalue weighted by atomic mass is 35.5. The van der Waals surface area contributed by atoms with Gasteiger partial charge in [0, 0.05) is 29.5 Å². The fourth-order valence-corrected chi connectivity index (χ4v) is 3.61. The first-order valence-corrected chi connectivity index (χ1v) is 9.39. The second kappa shape index (κ2) is 7.58. The molecule has 2 aromatic rings. The zero-order valence-electron chi connectivity index (χ0n) is 13.8. The number of primary amides is 1. The summed E-state index contributed by atoms with van der Waals surface area (Å²) in [5.41, 5.74) is 5.88. The van der Waals surface area contributed by atoms with Gasteiger partial charge in [-0.15, -0.1) is 10.2 Å². The molecule has 0 radical (unpaired) electrons. The largest absolute Gasteiger partial charge is 0.370 e. The molecule has 2 N–H and O–H groups in total. The zero-order chi connectivity index (χ0) is 18.0. The molecular formula is C17H19ClN4O2S. The van der Waals surface area contributed by atoms with Crippen molar-refractivity contribution in [3.8, 4) is 0 Å². The molecule has 0 saturated heterocycles. The summed E-state index contributed by atoms with van der Waals surface area (Å²) < 4.78 is 1.93. The maximum atomic E-state index is 12.6. The average molecular weight is 379 g/mol. The number of aromatic nitrogens is 3. The average Bonchev–Trinajstić information content (AvgIpc) is 3.35. The summed E-state index contributed by atoms with van der Waals surface area (Å²) in [5, 5.41) is 9.42. The lowest BCUT2D eigenvalue weighted by atomic mass is 10.1. The Labute approximate surface area is 155 Å². The molecule has 0 bridgehead atoms. The Morgan fingerprint density at radius 2 is 2.00 bits per heavy atom. The molecule has 1 amide bonds. The summed E-state index contributed by atoms with van der Waals surface area (Å²) in [6.07, 6.45) is 2.39. The van der Waals surface area contributed by atoms with E-state index in [4.69, 9.17) is 17.3 Å². The second-order valence-corrected chi connectivity index (χ2v) is 7.86. The Bertz CT molecular complexity index is 786. The van der Waals surface area contributed by atoms with Gasteiger partial charge in [0.05, 0.1) is 5.25 Å². The lowest BCUT2D eigenvalue weighted by Crippen LogP contribution is -2.17. The number of carbonyl (C=O) groups excluding carboxylic acids is 2. The molecule has 1 atom stereocenters. The lowest BCUT2D eigenvalue weighted by molar-refractivity contribution is -0.118. The van der Waals surface area contributed by atoms with Crippen LogP contribution in [-0.4, -0.2) is 31.7 Å². The van der Waals surface area contributed by atoms with E-state index in [1.54, 1.807) is 24.3 Å². The van der Waals surface area contributed by atoms with Crippen LogP contribution < -0.4 is 5.73 Å². The van der Waals surface area contributed by atoms with E-state index in [-0.39, 0.29) is 23.4 Å². The highest BCUT2D eigenvalue weighted by molar-refractivity contribution is 8.00. The van der Waals surface area contributed by atoms with Crippen molar-refractivity contribution in [2.45, 2.75) is 49.1 Å². The highest BCUT2D eigenvalue weighted by Crippen LogP contribution is 2.40. The standard InChI is InChI=1S/C17H19ClN4O2S/c1-10(15(24)11-4-6-13(18)7-5-11)25-17-21-20-16(12-2-3-12)22(17)9-8-14(19)23/h4-7,10,12H,2-3,8-9H2,1H3,(H2,19,23). The van der Waals surface area contributed by atoms with Gasteiger partial charge in [-0.3, -0.25) is 9.59 Å². The topological polar surface area (TPSA) is 90.9 Å². The maximum Gasteiger partial charge on any atom is 0.219 e. The van der Waals surface area contributed by atoms with Gasteiger partial charge in [0.15, 0.2) is 10.9 Å². The smallest absolute Gasteiger partial charge is 0.219 e. The third-order valence-electron chi connectivity index (χ3n) is 4.05. The molecule has 1 aromatic heterocycles. The Kier molecular flexibility index (Phi) is 5.44. The van der Waals surface area contributed by atoms with Gasteiger partial charge in [0.1, 0.15) is 5.82 Å². The minimum atomic E-state index is -0.364. The number of nitrogens with zero attached hydrogens (tertiary/aromatic N) is 3. The van der Waals surface area contributed by atoms with Crippen molar-refractivity contribution in [2.75, 3.05) is 0 Å². The first-order chi connectivity index (χ1) is 12.0. The van der Waals surface area contributed by atoms with E-state index in [9.17, 15) is 9.59 Å². The normalized spacial score (nSPS) is 15.1. The molecule has 6 nitrogen and oxygen atoms in total. The molecule has 1 fully saturated rings. The van der Waals surface area contributed by atoms with E-state index in [2.05, 4.69) is 10.2 Å². The third kappa shape index (κ3) is 4.41. The number of halogens is 1. The van der Waals surface area contributed by atoms with Gasteiger partial charge in [0.25, 0.3) is 0 Å². The first-order valence-electron chi connectivity index (χ1n) is 8.13. The van der Waals surface area contributed by atoms with Crippen LogP contribution in [0.2, 0.25) is 5.02 Å². The van der Waals surface area contributed by atoms with Gasteiger partial charge in [0.2, 0.25) is 5.91 Å². The molecule has 1 heterocycles. The van der Waals surface area contributed by atoms with Gasteiger partial charge in [-0.05, 0) is 44.0 Å². The van der Waals surface area contributed by atoms with Crippen molar-refractivity contribution in [3.05, 3.63) is 40.7 Å². The molecule has 1 unspecified atom stereocenters. The van der Waals surface area contributed by atoms with Crippen LogP contribution in [0.3, 0.4) is 0 Å². The number of benzene rings is 1. The monoisotopic (exact) mass is 378 g/mol. The first kappa shape index (κ1) is 17.9. The van der Waals surface area contributed by atoms with Gasteiger partial charge < -0.3 is 10.3 Å². The number of amides is 1. The number of Topliss-reactive ketones (excluding diaryl/α,β-unsaturated/α-hetero) is 1. The summed E-state index contributed by atoms with van der Waals surface area (Å²) in [4.78, 5) is 23.7. The number of carbonyl (C=O) groups is 2. The Balaban J connectivity index is 1.75. The highest BCUT2D eigenvalue weighted by Gasteiger charge is 2.31. The van der Waals surface area contributed by atoms with Crippen LogP contribution in [0.5, 0.6) is 0 Å². The van der Waals surface area contributed by atoms with Crippen LogP contribution in [0, 0.1) is 0 Å². The summed E-state index contributed by atoms with van der Waals surface area (Å²) >= 11 is 7.22. The van der Waals surface area contributed by atoms with Gasteiger partial charge in [-0.2, -0.15) is 0 Å². The predicted octanol–water partition coefficient (Wildman–Crippen LogP) is 3.05. The molecule has 1 aliphatic carbocycles. The number of hydrogen-bond acceptors (Lipinski definition) is 5. The second-order valence-electron chi connectivity index (χ2n) is 6.11. The number of thioether (sulfide) groups is 1. The fourth-order valence-electron chi connectivity index (χ4n) is 2.52. The van der Waals surface area contributed by atoms with Crippen molar-refractivity contribution in [3.63, 3.8) is 0 Å². The SMILES string of the molecule is CC(Sc1nnc(C2CC2)n1CCC(N)=O)C(=O)c1ccc(Cl)cc1. The van der Waals surface area contributed by atoms with E-state index in [1.807, 2.05) is 11.5 Å². The van der Waals surface area contributed by atoms with Gasteiger partial charge >= 0.3 is 0 Å². The van der Waals surface area contributed by atoms with E-state index in [0.29, 0.717) is 28.2 Å².